The highest BCUT2D eigenvalue weighted by Crippen LogP contribution is 2.23. The van der Waals surface area contributed by atoms with Crippen molar-refractivity contribution in [2.45, 2.75) is 38.6 Å². The summed E-state index contributed by atoms with van der Waals surface area (Å²) in [5.74, 6) is 0.139. The zero-order valence-electron chi connectivity index (χ0n) is 12.8. The molecule has 21 heavy (non-hydrogen) atoms. The molecule has 0 unspecified atom stereocenters. The van der Waals surface area contributed by atoms with E-state index < -0.39 is 0 Å². The third-order valence-electron chi connectivity index (χ3n) is 5.01. The highest BCUT2D eigenvalue weighted by molar-refractivity contribution is 5.97. The second-order valence-electron chi connectivity index (χ2n) is 6.29. The summed E-state index contributed by atoms with van der Waals surface area (Å²) in [6, 6.07) is 6.29. The van der Waals surface area contributed by atoms with Crippen LogP contribution >= 0.6 is 0 Å². The second kappa shape index (κ2) is 6.06. The van der Waals surface area contributed by atoms with Crippen molar-refractivity contribution < 1.29 is 4.79 Å². The fourth-order valence-corrected chi connectivity index (χ4v) is 3.60. The lowest BCUT2D eigenvalue weighted by atomic mass is 10.0. The Labute approximate surface area is 126 Å². The molecule has 0 bridgehead atoms. The number of amides is 1. The topological polar surface area (TPSA) is 49.6 Å². The largest absolute Gasteiger partial charge is 0.398 e. The normalized spacial score (nSPS) is 20.9. The molecule has 0 aromatic heterocycles. The van der Waals surface area contributed by atoms with Gasteiger partial charge in [0.15, 0.2) is 0 Å². The summed E-state index contributed by atoms with van der Waals surface area (Å²) >= 11 is 0. The summed E-state index contributed by atoms with van der Waals surface area (Å²) in [5, 5.41) is 0. The van der Waals surface area contributed by atoms with E-state index in [-0.39, 0.29) is 5.91 Å². The second-order valence-corrected chi connectivity index (χ2v) is 6.29. The number of carbonyl (C=O) groups excluding carboxylic acids is 1. The predicted octanol–water partition coefficient (Wildman–Crippen LogP) is 2.28. The van der Waals surface area contributed by atoms with Gasteiger partial charge in [0.2, 0.25) is 0 Å². The van der Waals surface area contributed by atoms with Crippen LogP contribution in [0.5, 0.6) is 0 Å². The van der Waals surface area contributed by atoms with Crippen LogP contribution in [-0.4, -0.2) is 47.9 Å². The summed E-state index contributed by atoms with van der Waals surface area (Å²) in [6.07, 6.45) is 4.88. The number of nitrogen functional groups attached to an aromatic ring is 1. The van der Waals surface area contributed by atoms with E-state index in [1.54, 1.807) is 0 Å². The Bertz CT molecular complexity index is 515. The number of rotatable bonds is 2. The standard InChI is InChI=1S/C17H25N3O/c1-13-15(5-4-6-16(13)18)17(21)20-11-7-14(8-12-20)19-9-2-3-10-19/h4-6,14H,2-3,7-12,18H2,1H3. The van der Waals surface area contributed by atoms with Gasteiger partial charge in [0.05, 0.1) is 0 Å². The smallest absolute Gasteiger partial charge is 0.254 e. The van der Waals surface area contributed by atoms with E-state index in [9.17, 15) is 4.79 Å². The van der Waals surface area contributed by atoms with E-state index in [2.05, 4.69) is 4.90 Å². The van der Waals surface area contributed by atoms with Gasteiger partial charge in [-0.05, 0) is 63.4 Å². The fraction of sp³-hybridized carbons (Fsp3) is 0.588. The lowest BCUT2D eigenvalue weighted by molar-refractivity contribution is 0.0644. The number of piperidine rings is 1. The van der Waals surface area contributed by atoms with Gasteiger partial charge < -0.3 is 15.5 Å². The van der Waals surface area contributed by atoms with Gasteiger partial charge in [-0.1, -0.05) is 6.07 Å². The maximum atomic E-state index is 12.7. The Hall–Kier alpha value is -1.55. The molecule has 2 heterocycles. The van der Waals surface area contributed by atoms with Gasteiger partial charge in [0.25, 0.3) is 5.91 Å². The van der Waals surface area contributed by atoms with Crippen LogP contribution in [0.25, 0.3) is 0 Å². The van der Waals surface area contributed by atoms with Crippen LogP contribution in [0.3, 0.4) is 0 Å². The Morgan fingerprint density at radius 1 is 1.14 bits per heavy atom. The molecule has 2 N–H and O–H groups in total. The number of nitrogens with zero attached hydrogens (tertiary/aromatic N) is 2. The Morgan fingerprint density at radius 3 is 2.48 bits per heavy atom. The highest BCUT2D eigenvalue weighted by Gasteiger charge is 2.29. The van der Waals surface area contributed by atoms with Gasteiger partial charge in [0, 0.05) is 30.4 Å². The minimum atomic E-state index is 0.139. The van der Waals surface area contributed by atoms with Gasteiger partial charge >= 0.3 is 0 Å². The lowest BCUT2D eigenvalue weighted by Crippen LogP contribution is -2.46. The van der Waals surface area contributed by atoms with Gasteiger partial charge in [-0.15, -0.1) is 0 Å². The number of nitrogens with two attached hydrogens (primary N) is 1. The molecule has 114 valence electrons. The molecular weight excluding hydrogens is 262 g/mol. The van der Waals surface area contributed by atoms with Crippen LogP contribution in [0, 0.1) is 6.92 Å². The van der Waals surface area contributed by atoms with Crippen LogP contribution in [0.2, 0.25) is 0 Å². The van der Waals surface area contributed by atoms with E-state index in [0.717, 1.165) is 37.1 Å². The van der Waals surface area contributed by atoms with E-state index in [1.807, 2.05) is 30.0 Å². The first-order valence-corrected chi connectivity index (χ1v) is 8.05. The molecule has 2 saturated heterocycles. The minimum absolute atomic E-state index is 0.139. The third kappa shape index (κ3) is 2.91. The number of likely N-dealkylation sites (tertiary alicyclic amines) is 2. The van der Waals surface area contributed by atoms with Crippen LogP contribution in [0.15, 0.2) is 18.2 Å². The zero-order chi connectivity index (χ0) is 14.8. The highest BCUT2D eigenvalue weighted by atomic mass is 16.2. The molecule has 4 nitrogen and oxygen atoms in total. The van der Waals surface area contributed by atoms with Crippen LogP contribution < -0.4 is 5.73 Å². The average molecular weight is 287 g/mol. The number of hydrogen-bond acceptors (Lipinski definition) is 3. The fourth-order valence-electron chi connectivity index (χ4n) is 3.60. The van der Waals surface area contributed by atoms with Gasteiger partial charge in [-0.3, -0.25) is 4.79 Å². The van der Waals surface area contributed by atoms with E-state index in [4.69, 9.17) is 5.73 Å². The van der Waals surface area contributed by atoms with Crippen LogP contribution in [-0.2, 0) is 0 Å². The number of carbonyl (C=O) groups is 1. The molecule has 0 aliphatic carbocycles. The number of hydrogen-bond donors (Lipinski definition) is 1. The Morgan fingerprint density at radius 2 is 1.81 bits per heavy atom. The molecule has 0 spiro atoms. The monoisotopic (exact) mass is 287 g/mol. The summed E-state index contributed by atoms with van der Waals surface area (Å²) in [6.45, 7) is 6.15. The average Bonchev–Trinajstić information content (AvgIpc) is 3.04. The molecule has 2 fully saturated rings. The van der Waals surface area contributed by atoms with Crippen molar-refractivity contribution in [3.8, 4) is 0 Å². The quantitative estimate of drug-likeness (QED) is 0.849. The van der Waals surface area contributed by atoms with Crippen LogP contribution in [0.1, 0.15) is 41.6 Å². The molecule has 1 amide bonds. The maximum Gasteiger partial charge on any atom is 0.254 e. The summed E-state index contributed by atoms with van der Waals surface area (Å²) in [4.78, 5) is 17.3. The van der Waals surface area contributed by atoms with E-state index in [1.165, 1.54) is 25.9 Å². The molecule has 2 aliphatic heterocycles. The van der Waals surface area contributed by atoms with Crippen molar-refractivity contribution in [2.75, 3.05) is 31.9 Å². The first kappa shape index (κ1) is 14.4. The van der Waals surface area contributed by atoms with Crippen molar-refractivity contribution >= 4 is 11.6 Å². The minimum Gasteiger partial charge on any atom is -0.398 e. The van der Waals surface area contributed by atoms with E-state index in [0.29, 0.717) is 11.7 Å². The molecule has 0 atom stereocenters. The molecule has 4 heteroatoms. The van der Waals surface area contributed by atoms with Crippen molar-refractivity contribution in [1.82, 2.24) is 9.80 Å². The summed E-state index contributed by atoms with van der Waals surface area (Å²) in [5.41, 5.74) is 8.28. The SMILES string of the molecule is Cc1c(N)cccc1C(=O)N1CCC(N2CCCC2)CC1. The predicted molar refractivity (Wildman–Crippen MR) is 85.3 cm³/mol. The zero-order valence-corrected chi connectivity index (χ0v) is 12.8. The van der Waals surface area contributed by atoms with E-state index >= 15 is 0 Å². The van der Waals surface area contributed by atoms with Crippen molar-refractivity contribution in [3.05, 3.63) is 29.3 Å². The van der Waals surface area contributed by atoms with Gasteiger partial charge in [-0.2, -0.15) is 0 Å². The number of anilines is 1. The van der Waals surface area contributed by atoms with Crippen molar-refractivity contribution in [3.63, 3.8) is 0 Å². The summed E-state index contributed by atoms with van der Waals surface area (Å²) in [7, 11) is 0. The maximum absolute atomic E-state index is 12.7. The molecular formula is C17H25N3O. The molecule has 1 aromatic carbocycles. The molecule has 0 saturated carbocycles. The lowest BCUT2D eigenvalue weighted by Gasteiger charge is -2.36. The van der Waals surface area contributed by atoms with Crippen LogP contribution in [0.4, 0.5) is 5.69 Å². The molecule has 2 aliphatic rings. The Balaban J connectivity index is 1.63. The Kier molecular flexibility index (Phi) is 4.15. The summed E-state index contributed by atoms with van der Waals surface area (Å²) < 4.78 is 0. The molecule has 0 radical (unpaired) electrons. The molecule has 1 aromatic rings. The first-order valence-electron chi connectivity index (χ1n) is 8.05. The third-order valence-corrected chi connectivity index (χ3v) is 5.01. The van der Waals surface area contributed by atoms with Gasteiger partial charge in [-0.25, -0.2) is 0 Å². The first-order chi connectivity index (χ1) is 10.2. The molecule has 3 rings (SSSR count). The van der Waals surface area contributed by atoms with Gasteiger partial charge in [0.1, 0.15) is 0 Å². The number of benzene rings is 1. The van der Waals surface area contributed by atoms with Crippen molar-refractivity contribution in [1.29, 1.82) is 0 Å². The van der Waals surface area contributed by atoms with Crippen molar-refractivity contribution in [2.24, 2.45) is 0 Å².